The molecule has 0 spiro atoms. The lowest BCUT2D eigenvalue weighted by molar-refractivity contribution is 0.872. The Bertz CT molecular complexity index is 523. The molecule has 0 aliphatic carbocycles. The van der Waals surface area contributed by atoms with E-state index in [1.165, 1.54) is 0 Å². The molecule has 17 heavy (non-hydrogen) atoms. The second-order valence-corrected chi connectivity index (χ2v) is 4.89. The zero-order valence-corrected chi connectivity index (χ0v) is 11.1. The van der Waals surface area contributed by atoms with Gasteiger partial charge in [0, 0.05) is 5.02 Å². The Morgan fingerprint density at radius 2 is 1.53 bits per heavy atom. The molecule has 2 rings (SSSR count). The normalized spacial score (nSPS) is 12.5. The Labute approximate surface area is 115 Å². The number of nitrogens with two attached hydrogens (primary N) is 1. The van der Waals surface area contributed by atoms with Crippen molar-refractivity contribution in [3.8, 4) is 0 Å². The molecule has 0 saturated heterocycles. The lowest BCUT2D eigenvalue weighted by atomic mass is 10.00. The molecule has 1 atom stereocenters. The Balaban J connectivity index is 2.40. The summed E-state index contributed by atoms with van der Waals surface area (Å²) >= 11 is 17.9. The quantitative estimate of drug-likeness (QED) is 0.851. The van der Waals surface area contributed by atoms with E-state index in [1.807, 2.05) is 24.3 Å². The smallest absolute Gasteiger partial charge is 0.0643 e. The predicted molar refractivity (Wildman–Crippen MR) is 73.9 cm³/mol. The molecule has 2 aromatic carbocycles. The zero-order chi connectivity index (χ0) is 12.4. The van der Waals surface area contributed by atoms with E-state index in [4.69, 9.17) is 40.5 Å². The molecule has 0 heterocycles. The molecule has 2 aromatic rings. The highest BCUT2D eigenvalue weighted by atomic mass is 35.5. The lowest BCUT2D eigenvalue weighted by Gasteiger charge is -2.14. The number of rotatable bonds is 2. The maximum absolute atomic E-state index is 6.15. The van der Waals surface area contributed by atoms with Gasteiger partial charge in [-0.05, 0) is 29.3 Å². The van der Waals surface area contributed by atoms with Crippen LogP contribution in [0, 0.1) is 0 Å². The van der Waals surface area contributed by atoms with Crippen LogP contribution in [0.1, 0.15) is 17.2 Å². The Hall–Kier alpha value is -0.730. The predicted octanol–water partition coefficient (Wildman–Crippen LogP) is 4.69. The molecular weight excluding hydrogens is 277 g/mol. The van der Waals surface area contributed by atoms with Crippen molar-refractivity contribution in [1.29, 1.82) is 0 Å². The summed E-state index contributed by atoms with van der Waals surface area (Å²) in [4.78, 5) is 0. The van der Waals surface area contributed by atoms with E-state index >= 15 is 0 Å². The number of hydrogen-bond acceptors (Lipinski definition) is 1. The monoisotopic (exact) mass is 285 g/mol. The first-order chi connectivity index (χ1) is 8.09. The molecular formula is C13H10Cl3N. The Kier molecular flexibility index (Phi) is 3.95. The van der Waals surface area contributed by atoms with Crippen LogP contribution in [-0.4, -0.2) is 0 Å². The van der Waals surface area contributed by atoms with Crippen molar-refractivity contribution in [1.82, 2.24) is 0 Å². The van der Waals surface area contributed by atoms with Crippen LogP contribution in [0.5, 0.6) is 0 Å². The van der Waals surface area contributed by atoms with E-state index < -0.39 is 0 Å². The van der Waals surface area contributed by atoms with Crippen LogP contribution in [0.25, 0.3) is 0 Å². The SMILES string of the molecule is NC(c1ccc(Cl)cc1)c1cccc(Cl)c1Cl. The van der Waals surface area contributed by atoms with Gasteiger partial charge in [-0.1, -0.05) is 59.1 Å². The lowest BCUT2D eigenvalue weighted by Crippen LogP contribution is -2.12. The van der Waals surface area contributed by atoms with Crippen molar-refractivity contribution >= 4 is 34.8 Å². The third kappa shape index (κ3) is 2.75. The molecule has 88 valence electrons. The average molecular weight is 287 g/mol. The van der Waals surface area contributed by atoms with Crippen molar-refractivity contribution in [2.75, 3.05) is 0 Å². The molecule has 0 aromatic heterocycles. The minimum absolute atomic E-state index is 0.307. The summed E-state index contributed by atoms with van der Waals surface area (Å²) in [6, 6.07) is 12.5. The summed E-state index contributed by atoms with van der Waals surface area (Å²) in [5.41, 5.74) is 7.90. The van der Waals surface area contributed by atoms with Gasteiger partial charge >= 0.3 is 0 Å². The molecule has 2 N–H and O–H groups in total. The molecule has 1 unspecified atom stereocenters. The van der Waals surface area contributed by atoms with E-state index in [2.05, 4.69) is 0 Å². The van der Waals surface area contributed by atoms with E-state index in [0.29, 0.717) is 15.1 Å². The number of halogens is 3. The Morgan fingerprint density at radius 3 is 2.18 bits per heavy atom. The van der Waals surface area contributed by atoms with Crippen LogP contribution >= 0.6 is 34.8 Å². The van der Waals surface area contributed by atoms with Gasteiger partial charge in [0.2, 0.25) is 0 Å². The Morgan fingerprint density at radius 1 is 0.882 bits per heavy atom. The van der Waals surface area contributed by atoms with Crippen LogP contribution in [0.2, 0.25) is 15.1 Å². The van der Waals surface area contributed by atoms with Gasteiger partial charge in [0.1, 0.15) is 0 Å². The van der Waals surface area contributed by atoms with Gasteiger partial charge < -0.3 is 5.73 Å². The summed E-state index contributed by atoms with van der Waals surface area (Å²) < 4.78 is 0. The topological polar surface area (TPSA) is 26.0 Å². The minimum atomic E-state index is -0.307. The van der Waals surface area contributed by atoms with Gasteiger partial charge in [-0.2, -0.15) is 0 Å². The second-order valence-electron chi connectivity index (χ2n) is 3.67. The van der Waals surface area contributed by atoms with Gasteiger partial charge in [0.15, 0.2) is 0 Å². The fourth-order valence-electron chi connectivity index (χ4n) is 1.61. The summed E-state index contributed by atoms with van der Waals surface area (Å²) in [6.45, 7) is 0. The number of benzene rings is 2. The maximum atomic E-state index is 6.15. The minimum Gasteiger partial charge on any atom is -0.320 e. The first-order valence-electron chi connectivity index (χ1n) is 5.04. The van der Waals surface area contributed by atoms with Crippen LogP contribution < -0.4 is 5.73 Å². The standard InChI is InChI=1S/C13H10Cl3N/c14-9-6-4-8(5-7-9)13(17)10-2-1-3-11(15)12(10)16/h1-7,13H,17H2. The summed E-state index contributed by atoms with van der Waals surface area (Å²) in [6.07, 6.45) is 0. The molecule has 0 aliphatic heterocycles. The van der Waals surface area contributed by atoms with E-state index in [9.17, 15) is 0 Å². The first-order valence-corrected chi connectivity index (χ1v) is 6.18. The van der Waals surface area contributed by atoms with Crippen molar-refractivity contribution in [2.45, 2.75) is 6.04 Å². The average Bonchev–Trinajstić information content (AvgIpc) is 2.33. The molecule has 0 saturated carbocycles. The van der Waals surface area contributed by atoms with Gasteiger partial charge in [-0.15, -0.1) is 0 Å². The highest BCUT2D eigenvalue weighted by Gasteiger charge is 2.13. The molecule has 0 amide bonds. The highest BCUT2D eigenvalue weighted by molar-refractivity contribution is 6.42. The van der Waals surface area contributed by atoms with Crippen LogP contribution in [-0.2, 0) is 0 Å². The van der Waals surface area contributed by atoms with E-state index in [-0.39, 0.29) is 6.04 Å². The van der Waals surface area contributed by atoms with Crippen LogP contribution in [0.4, 0.5) is 0 Å². The third-order valence-electron chi connectivity index (χ3n) is 2.55. The molecule has 0 fully saturated rings. The molecule has 0 bridgehead atoms. The van der Waals surface area contributed by atoms with Gasteiger partial charge in [0.05, 0.1) is 16.1 Å². The fraction of sp³-hybridized carbons (Fsp3) is 0.0769. The van der Waals surface area contributed by atoms with Crippen LogP contribution in [0.3, 0.4) is 0 Å². The molecule has 4 heteroatoms. The highest BCUT2D eigenvalue weighted by Crippen LogP contribution is 2.32. The third-order valence-corrected chi connectivity index (χ3v) is 3.63. The first kappa shape index (κ1) is 12.7. The fourth-order valence-corrected chi connectivity index (χ4v) is 2.16. The molecule has 0 aliphatic rings. The van der Waals surface area contributed by atoms with E-state index in [1.54, 1.807) is 18.2 Å². The van der Waals surface area contributed by atoms with Crippen molar-refractivity contribution in [3.05, 3.63) is 68.7 Å². The number of hydrogen-bond donors (Lipinski definition) is 1. The van der Waals surface area contributed by atoms with Gasteiger partial charge in [-0.25, -0.2) is 0 Å². The van der Waals surface area contributed by atoms with Gasteiger partial charge in [-0.3, -0.25) is 0 Å². The van der Waals surface area contributed by atoms with E-state index in [0.717, 1.165) is 11.1 Å². The largest absolute Gasteiger partial charge is 0.320 e. The second kappa shape index (κ2) is 5.28. The molecule has 0 radical (unpaired) electrons. The molecule has 1 nitrogen and oxygen atoms in total. The summed E-state index contributed by atoms with van der Waals surface area (Å²) in [7, 11) is 0. The van der Waals surface area contributed by atoms with Gasteiger partial charge in [0.25, 0.3) is 0 Å². The maximum Gasteiger partial charge on any atom is 0.0643 e. The summed E-state index contributed by atoms with van der Waals surface area (Å²) in [5.74, 6) is 0. The van der Waals surface area contributed by atoms with Crippen molar-refractivity contribution in [3.63, 3.8) is 0 Å². The summed E-state index contributed by atoms with van der Waals surface area (Å²) in [5, 5.41) is 1.68. The zero-order valence-electron chi connectivity index (χ0n) is 8.83. The van der Waals surface area contributed by atoms with Crippen LogP contribution in [0.15, 0.2) is 42.5 Å². The van der Waals surface area contributed by atoms with Crippen molar-refractivity contribution < 1.29 is 0 Å². The van der Waals surface area contributed by atoms with Crippen molar-refractivity contribution in [2.24, 2.45) is 5.73 Å².